The van der Waals surface area contributed by atoms with Crippen molar-refractivity contribution in [3.8, 4) is 0 Å². The van der Waals surface area contributed by atoms with E-state index in [1.807, 2.05) is 23.1 Å². The van der Waals surface area contributed by atoms with E-state index in [2.05, 4.69) is 28.1 Å². The lowest BCUT2D eigenvalue weighted by Crippen LogP contribution is -2.31. The van der Waals surface area contributed by atoms with Gasteiger partial charge in [0.05, 0.1) is 0 Å². The molecule has 0 bridgehead atoms. The van der Waals surface area contributed by atoms with Crippen molar-refractivity contribution in [1.29, 1.82) is 0 Å². The van der Waals surface area contributed by atoms with Gasteiger partial charge in [0.1, 0.15) is 5.51 Å². The van der Waals surface area contributed by atoms with Crippen molar-refractivity contribution in [1.82, 2.24) is 10.2 Å². The van der Waals surface area contributed by atoms with Crippen molar-refractivity contribution in [2.45, 2.75) is 19.8 Å². The molecule has 0 N–H and O–H groups in total. The first kappa shape index (κ1) is 13.7. The zero-order valence-electron chi connectivity index (χ0n) is 12.5. The maximum atomic E-state index is 12.6. The van der Waals surface area contributed by atoms with E-state index in [9.17, 15) is 4.79 Å². The minimum atomic E-state index is 0.0606. The number of amides is 1. The molecule has 6 heteroatoms. The van der Waals surface area contributed by atoms with Crippen LogP contribution in [0.5, 0.6) is 0 Å². The first-order valence-electron chi connectivity index (χ1n) is 7.54. The molecule has 2 aliphatic heterocycles. The highest BCUT2D eigenvalue weighted by Gasteiger charge is 2.48. The normalized spacial score (nSPS) is 24.7. The smallest absolute Gasteiger partial charge is 0.227 e. The standard InChI is InChI=1S/C16H18N4OS/c1-12-4-2-3-5-13(12)20-10-16(8-14(20)21)6-7-19(9-16)15-18-17-11-22-15/h2-5,11H,6-10H2,1H3/t16-/m1/s1. The minimum Gasteiger partial charge on any atom is -0.346 e. The number of nitrogens with zero attached hydrogens (tertiary/aromatic N) is 4. The van der Waals surface area contributed by atoms with Crippen LogP contribution in [0.2, 0.25) is 0 Å². The predicted octanol–water partition coefficient (Wildman–Crippen LogP) is 2.48. The summed E-state index contributed by atoms with van der Waals surface area (Å²) in [6.45, 7) is 4.74. The van der Waals surface area contributed by atoms with Crippen LogP contribution in [0.4, 0.5) is 10.8 Å². The van der Waals surface area contributed by atoms with Crippen LogP contribution in [0.3, 0.4) is 0 Å². The van der Waals surface area contributed by atoms with Gasteiger partial charge in [-0.2, -0.15) is 0 Å². The average molecular weight is 314 g/mol. The van der Waals surface area contributed by atoms with Crippen molar-refractivity contribution >= 4 is 28.1 Å². The molecule has 0 unspecified atom stereocenters. The predicted molar refractivity (Wildman–Crippen MR) is 87.3 cm³/mol. The first-order valence-corrected chi connectivity index (χ1v) is 8.42. The number of aromatic nitrogens is 2. The molecule has 2 aliphatic rings. The largest absolute Gasteiger partial charge is 0.346 e. The summed E-state index contributed by atoms with van der Waals surface area (Å²) in [5, 5.41) is 9.05. The van der Waals surface area contributed by atoms with Gasteiger partial charge < -0.3 is 9.80 Å². The topological polar surface area (TPSA) is 49.3 Å². The van der Waals surface area contributed by atoms with E-state index in [0.717, 1.165) is 42.4 Å². The fraction of sp³-hybridized carbons (Fsp3) is 0.438. The molecule has 5 nitrogen and oxygen atoms in total. The zero-order chi connectivity index (χ0) is 15.2. The Morgan fingerprint density at radius 3 is 2.91 bits per heavy atom. The summed E-state index contributed by atoms with van der Waals surface area (Å²) in [6.07, 6.45) is 1.68. The highest BCUT2D eigenvalue weighted by molar-refractivity contribution is 7.13. The van der Waals surface area contributed by atoms with Crippen LogP contribution < -0.4 is 9.80 Å². The molecule has 2 saturated heterocycles. The molecule has 1 aromatic heterocycles. The highest BCUT2D eigenvalue weighted by Crippen LogP contribution is 2.43. The molecule has 1 atom stereocenters. The summed E-state index contributed by atoms with van der Waals surface area (Å²) >= 11 is 1.57. The summed E-state index contributed by atoms with van der Waals surface area (Å²) in [6, 6.07) is 8.13. The average Bonchev–Trinajstić information content (AvgIpc) is 3.21. The molecule has 2 fully saturated rings. The highest BCUT2D eigenvalue weighted by atomic mass is 32.1. The number of carbonyl (C=O) groups is 1. The second kappa shape index (κ2) is 5.05. The van der Waals surface area contributed by atoms with Crippen LogP contribution in [0.1, 0.15) is 18.4 Å². The number of carbonyl (C=O) groups excluding carboxylic acids is 1. The van der Waals surface area contributed by atoms with E-state index < -0.39 is 0 Å². The second-order valence-electron chi connectivity index (χ2n) is 6.34. The number of hydrogen-bond donors (Lipinski definition) is 0. The number of rotatable bonds is 2. The van der Waals surface area contributed by atoms with Gasteiger partial charge in [0, 0.05) is 37.2 Å². The Morgan fingerprint density at radius 2 is 2.14 bits per heavy atom. The molecule has 1 spiro atoms. The fourth-order valence-corrected chi connectivity index (χ4v) is 4.25. The quantitative estimate of drug-likeness (QED) is 0.854. The molecule has 0 aliphatic carbocycles. The van der Waals surface area contributed by atoms with Crippen molar-refractivity contribution < 1.29 is 4.79 Å². The van der Waals surface area contributed by atoms with Crippen LogP contribution in [0.15, 0.2) is 29.8 Å². The molecular formula is C16H18N4OS. The molecule has 1 amide bonds. The van der Waals surface area contributed by atoms with Gasteiger partial charge in [0.15, 0.2) is 0 Å². The van der Waals surface area contributed by atoms with Gasteiger partial charge in [-0.1, -0.05) is 29.5 Å². The Labute approximate surface area is 133 Å². The van der Waals surface area contributed by atoms with Gasteiger partial charge >= 0.3 is 0 Å². The van der Waals surface area contributed by atoms with Crippen molar-refractivity contribution in [3.63, 3.8) is 0 Å². The number of anilines is 2. The third-order valence-corrected chi connectivity index (χ3v) is 5.53. The molecule has 1 aromatic carbocycles. The van der Waals surface area contributed by atoms with E-state index >= 15 is 0 Å². The lowest BCUT2D eigenvalue weighted by atomic mass is 9.86. The Kier molecular flexibility index (Phi) is 3.14. The summed E-state index contributed by atoms with van der Waals surface area (Å²) in [5.74, 6) is 0.244. The number of aryl methyl sites for hydroxylation is 1. The van der Waals surface area contributed by atoms with E-state index in [1.165, 1.54) is 0 Å². The van der Waals surface area contributed by atoms with Gasteiger partial charge in [-0.25, -0.2) is 0 Å². The Bertz CT molecular complexity index is 702. The molecular weight excluding hydrogens is 296 g/mol. The first-order chi connectivity index (χ1) is 10.7. The van der Waals surface area contributed by atoms with Crippen LogP contribution in [-0.4, -0.2) is 35.7 Å². The minimum absolute atomic E-state index is 0.0606. The van der Waals surface area contributed by atoms with Crippen molar-refractivity contribution in [2.24, 2.45) is 5.41 Å². The Hall–Kier alpha value is -1.95. The fourth-order valence-electron chi connectivity index (χ4n) is 3.66. The molecule has 3 heterocycles. The lowest BCUT2D eigenvalue weighted by molar-refractivity contribution is -0.117. The second-order valence-corrected chi connectivity index (χ2v) is 7.15. The van der Waals surface area contributed by atoms with E-state index in [0.29, 0.717) is 6.42 Å². The molecule has 4 rings (SSSR count). The van der Waals surface area contributed by atoms with Gasteiger partial charge in [-0.3, -0.25) is 4.79 Å². The maximum Gasteiger partial charge on any atom is 0.227 e. The monoisotopic (exact) mass is 314 g/mol. The molecule has 0 saturated carbocycles. The number of benzene rings is 1. The zero-order valence-corrected chi connectivity index (χ0v) is 13.3. The van der Waals surface area contributed by atoms with E-state index in [1.54, 1.807) is 16.8 Å². The van der Waals surface area contributed by atoms with Crippen LogP contribution in [0, 0.1) is 12.3 Å². The van der Waals surface area contributed by atoms with Gasteiger partial charge in [-0.05, 0) is 25.0 Å². The Morgan fingerprint density at radius 1 is 1.27 bits per heavy atom. The summed E-state index contributed by atoms with van der Waals surface area (Å²) in [7, 11) is 0. The Balaban J connectivity index is 1.57. The van der Waals surface area contributed by atoms with Crippen LogP contribution in [0.25, 0.3) is 0 Å². The number of hydrogen-bond acceptors (Lipinski definition) is 5. The maximum absolute atomic E-state index is 12.6. The molecule has 114 valence electrons. The number of para-hydroxylation sites is 1. The van der Waals surface area contributed by atoms with Gasteiger partial charge in [0.2, 0.25) is 11.0 Å². The van der Waals surface area contributed by atoms with Crippen LogP contribution in [-0.2, 0) is 4.79 Å². The lowest BCUT2D eigenvalue weighted by Gasteiger charge is -2.24. The summed E-state index contributed by atoms with van der Waals surface area (Å²) in [4.78, 5) is 16.8. The SMILES string of the molecule is Cc1ccccc1N1C[C@]2(CCN(c3nncs3)C2)CC1=O. The summed E-state index contributed by atoms with van der Waals surface area (Å²) in [5.41, 5.74) is 4.04. The van der Waals surface area contributed by atoms with Crippen molar-refractivity contribution in [3.05, 3.63) is 35.3 Å². The third-order valence-electron chi connectivity index (χ3n) is 4.78. The van der Waals surface area contributed by atoms with E-state index in [4.69, 9.17) is 0 Å². The van der Waals surface area contributed by atoms with Crippen LogP contribution >= 0.6 is 11.3 Å². The van der Waals surface area contributed by atoms with E-state index in [-0.39, 0.29) is 11.3 Å². The molecule has 0 radical (unpaired) electrons. The summed E-state index contributed by atoms with van der Waals surface area (Å²) < 4.78 is 0. The molecule has 2 aromatic rings. The third kappa shape index (κ3) is 2.18. The molecule has 22 heavy (non-hydrogen) atoms. The van der Waals surface area contributed by atoms with Gasteiger partial charge in [0.25, 0.3) is 0 Å². The van der Waals surface area contributed by atoms with Crippen molar-refractivity contribution in [2.75, 3.05) is 29.4 Å². The van der Waals surface area contributed by atoms with Gasteiger partial charge in [-0.15, -0.1) is 10.2 Å².